The maximum absolute atomic E-state index is 15.8. The molecule has 0 saturated carbocycles. The first-order chi connectivity index (χ1) is 15.6. The third-order valence-corrected chi connectivity index (χ3v) is 6.19. The van der Waals surface area contributed by atoms with Gasteiger partial charge in [-0.2, -0.15) is 5.26 Å². The van der Waals surface area contributed by atoms with Crippen LogP contribution in [0, 0.1) is 11.3 Å². The molecule has 2 aliphatic heterocycles. The van der Waals surface area contributed by atoms with E-state index in [2.05, 4.69) is 11.1 Å². The molecule has 1 amide bonds. The average molecular weight is 431 g/mol. The van der Waals surface area contributed by atoms with Crippen LogP contribution in [0.1, 0.15) is 24.0 Å². The maximum Gasteiger partial charge on any atom is 0.260 e. The fourth-order valence-electron chi connectivity index (χ4n) is 4.39. The zero-order valence-electron chi connectivity index (χ0n) is 17.5. The highest BCUT2D eigenvalue weighted by Crippen LogP contribution is 2.33. The highest BCUT2D eigenvalue weighted by Gasteiger charge is 2.45. The van der Waals surface area contributed by atoms with Crippen molar-refractivity contribution in [3.05, 3.63) is 59.9 Å². The number of carbonyl (C=O) groups is 1. The van der Waals surface area contributed by atoms with Crippen LogP contribution in [0.2, 0.25) is 0 Å². The first-order valence-electron chi connectivity index (χ1n) is 10.7. The second-order valence-corrected chi connectivity index (χ2v) is 8.18. The molecular weight excluding hydrogens is 409 g/mol. The Morgan fingerprint density at radius 2 is 1.94 bits per heavy atom. The molecule has 7 nitrogen and oxygen atoms in total. The molecule has 3 aromatic rings. The minimum Gasteiger partial charge on any atom is -0.490 e. The van der Waals surface area contributed by atoms with Gasteiger partial charge in [-0.1, -0.05) is 18.2 Å². The zero-order chi connectivity index (χ0) is 22.1. The lowest BCUT2D eigenvalue weighted by Gasteiger charge is -2.38. The number of halogens is 1. The van der Waals surface area contributed by atoms with Gasteiger partial charge in [0.2, 0.25) is 0 Å². The summed E-state index contributed by atoms with van der Waals surface area (Å²) in [6.45, 7) is 1.47. The molecule has 0 spiro atoms. The van der Waals surface area contributed by atoms with Crippen LogP contribution in [0.15, 0.2) is 48.8 Å². The summed E-state index contributed by atoms with van der Waals surface area (Å²) in [5, 5.41) is 10.3. The lowest BCUT2D eigenvalue weighted by Crippen LogP contribution is -2.52. The summed E-state index contributed by atoms with van der Waals surface area (Å²) in [6.07, 6.45) is 3.20. The van der Waals surface area contributed by atoms with E-state index in [1.165, 1.54) is 11.1 Å². The average Bonchev–Trinajstić information content (AvgIpc) is 3.06. The molecule has 0 radical (unpaired) electrons. The normalized spacial score (nSPS) is 17.8. The molecule has 1 saturated heterocycles. The molecule has 2 aliphatic rings. The van der Waals surface area contributed by atoms with Gasteiger partial charge < -0.3 is 14.5 Å². The number of pyridine rings is 2. The molecule has 32 heavy (non-hydrogen) atoms. The monoisotopic (exact) mass is 431 g/mol. The molecule has 4 heterocycles. The number of ether oxygens (including phenoxy) is 1. The summed E-state index contributed by atoms with van der Waals surface area (Å²) in [6, 6.07) is 13.9. The van der Waals surface area contributed by atoms with E-state index in [1.807, 2.05) is 41.3 Å². The van der Waals surface area contributed by atoms with Gasteiger partial charge in [0.25, 0.3) is 5.91 Å². The van der Waals surface area contributed by atoms with Crippen molar-refractivity contribution in [3.63, 3.8) is 0 Å². The highest BCUT2D eigenvalue weighted by molar-refractivity contribution is 5.86. The van der Waals surface area contributed by atoms with E-state index >= 15 is 4.39 Å². The number of hydrogen-bond acceptors (Lipinski definition) is 6. The number of nitriles is 1. The van der Waals surface area contributed by atoms with E-state index in [-0.39, 0.29) is 32.5 Å². The Kier molecular flexibility index (Phi) is 5.10. The van der Waals surface area contributed by atoms with Crippen LogP contribution in [0.4, 0.5) is 10.2 Å². The molecular formula is C24H22FN5O2. The minimum absolute atomic E-state index is 0.0983. The number of amides is 1. The number of para-hydroxylation sites is 1. The van der Waals surface area contributed by atoms with Gasteiger partial charge in [-0.25, -0.2) is 9.37 Å². The van der Waals surface area contributed by atoms with Crippen molar-refractivity contribution in [3.8, 4) is 11.8 Å². The maximum atomic E-state index is 15.8. The molecule has 5 rings (SSSR count). The topological polar surface area (TPSA) is 82.3 Å². The van der Waals surface area contributed by atoms with Crippen molar-refractivity contribution in [2.75, 3.05) is 31.1 Å². The molecule has 0 N–H and O–H groups in total. The third-order valence-electron chi connectivity index (χ3n) is 6.19. The van der Waals surface area contributed by atoms with Crippen molar-refractivity contribution in [1.29, 1.82) is 5.26 Å². The summed E-state index contributed by atoms with van der Waals surface area (Å²) in [4.78, 5) is 25.4. The summed E-state index contributed by atoms with van der Waals surface area (Å²) >= 11 is 0. The Hall–Kier alpha value is -3.73. The molecule has 0 atom stereocenters. The third kappa shape index (κ3) is 3.60. The molecule has 2 aromatic heterocycles. The van der Waals surface area contributed by atoms with Crippen LogP contribution in [-0.4, -0.2) is 52.7 Å². The lowest BCUT2D eigenvalue weighted by atomic mass is 9.91. The highest BCUT2D eigenvalue weighted by atomic mass is 19.1. The van der Waals surface area contributed by atoms with Crippen LogP contribution in [-0.2, 0) is 11.3 Å². The second kappa shape index (κ2) is 8.08. The van der Waals surface area contributed by atoms with Crippen LogP contribution in [0.5, 0.6) is 5.75 Å². The van der Waals surface area contributed by atoms with Crippen molar-refractivity contribution in [2.45, 2.75) is 25.1 Å². The van der Waals surface area contributed by atoms with Gasteiger partial charge in [-0.05, 0) is 18.2 Å². The van der Waals surface area contributed by atoms with Crippen molar-refractivity contribution >= 4 is 22.6 Å². The summed E-state index contributed by atoms with van der Waals surface area (Å²) in [5.41, 5.74) is -0.0935. The van der Waals surface area contributed by atoms with Crippen molar-refractivity contribution in [1.82, 2.24) is 14.9 Å². The van der Waals surface area contributed by atoms with Gasteiger partial charge >= 0.3 is 0 Å². The Labute approximate surface area is 185 Å². The molecule has 0 bridgehead atoms. The number of alkyl halides is 1. The first-order valence-corrected chi connectivity index (χ1v) is 10.7. The Balaban J connectivity index is 1.30. The summed E-state index contributed by atoms with van der Waals surface area (Å²) < 4.78 is 21.5. The SMILES string of the molecule is N#Cc1cncc2c1OCCN(C(=O)C1(F)CCN(c3ccc4ccccc4n3)CC1)C2. The smallest absolute Gasteiger partial charge is 0.260 e. The number of hydrogen-bond donors (Lipinski definition) is 0. The zero-order valence-corrected chi connectivity index (χ0v) is 17.5. The van der Waals surface area contributed by atoms with E-state index in [4.69, 9.17) is 9.72 Å². The molecule has 1 aromatic carbocycles. The number of fused-ring (bicyclic) bond motifs is 2. The number of rotatable bonds is 2. The largest absolute Gasteiger partial charge is 0.490 e. The van der Waals surface area contributed by atoms with E-state index in [9.17, 15) is 10.1 Å². The summed E-state index contributed by atoms with van der Waals surface area (Å²) in [7, 11) is 0. The van der Waals surface area contributed by atoms with E-state index in [0.29, 0.717) is 30.0 Å². The van der Waals surface area contributed by atoms with E-state index < -0.39 is 11.6 Å². The quantitative estimate of drug-likeness (QED) is 0.620. The Bertz CT molecular complexity index is 1220. The van der Waals surface area contributed by atoms with Crippen molar-refractivity contribution in [2.24, 2.45) is 0 Å². The van der Waals surface area contributed by atoms with Gasteiger partial charge in [-0.15, -0.1) is 0 Å². The molecule has 1 fully saturated rings. The van der Waals surface area contributed by atoms with E-state index in [1.54, 1.807) is 6.20 Å². The number of benzene rings is 1. The second-order valence-electron chi connectivity index (χ2n) is 8.18. The number of aromatic nitrogens is 2. The predicted molar refractivity (Wildman–Crippen MR) is 117 cm³/mol. The number of carbonyl (C=O) groups excluding carboxylic acids is 1. The first kappa shape index (κ1) is 20.2. The predicted octanol–water partition coefficient (Wildman–Crippen LogP) is 3.23. The Morgan fingerprint density at radius 3 is 2.75 bits per heavy atom. The van der Waals surface area contributed by atoms with Gasteiger partial charge in [-0.3, -0.25) is 9.78 Å². The number of piperidine rings is 1. The van der Waals surface area contributed by atoms with Gasteiger partial charge in [0.15, 0.2) is 5.67 Å². The van der Waals surface area contributed by atoms with Crippen molar-refractivity contribution < 1.29 is 13.9 Å². The fraction of sp³-hybridized carbons (Fsp3) is 0.333. The fourth-order valence-corrected chi connectivity index (χ4v) is 4.39. The van der Waals surface area contributed by atoms with Gasteiger partial charge in [0.05, 0.1) is 18.6 Å². The lowest BCUT2D eigenvalue weighted by molar-refractivity contribution is -0.146. The van der Waals surface area contributed by atoms with Gasteiger partial charge in [0, 0.05) is 49.3 Å². The number of anilines is 1. The summed E-state index contributed by atoms with van der Waals surface area (Å²) in [5.74, 6) is 0.704. The Morgan fingerprint density at radius 1 is 1.12 bits per heavy atom. The molecule has 8 heteroatoms. The number of nitrogens with zero attached hydrogens (tertiary/aromatic N) is 5. The standard InChI is InChI=1S/C24H22FN5O2/c25-24(23(31)30-11-12-32-22-18(13-26)14-27-15-19(22)16-30)7-9-29(10-8-24)21-6-5-17-3-1-2-4-20(17)28-21/h1-6,14-15H,7-12,16H2. The van der Waals surface area contributed by atoms with Gasteiger partial charge in [0.1, 0.15) is 29.8 Å². The van der Waals surface area contributed by atoms with E-state index in [0.717, 1.165) is 16.7 Å². The van der Waals surface area contributed by atoms with Crippen LogP contribution >= 0.6 is 0 Å². The van der Waals surface area contributed by atoms with Crippen LogP contribution < -0.4 is 9.64 Å². The molecule has 0 aliphatic carbocycles. The van der Waals surface area contributed by atoms with Crippen LogP contribution in [0.25, 0.3) is 10.9 Å². The molecule has 0 unspecified atom stereocenters. The minimum atomic E-state index is -1.93. The molecule has 162 valence electrons. The van der Waals surface area contributed by atoms with Crippen LogP contribution in [0.3, 0.4) is 0 Å².